The molecule has 1 aromatic carbocycles. The van der Waals surface area contributed by atoms with E-state index in [2.05, 4.69) is 20.2 Å². The number of anilines is 1. The maximum atomic E-state index is 14.6. The van der Waals surface area contributed by atoms with E-state index in [0.29, 0.717) is 22.4 Å². The van der Waals surface area contributed by atoms with Crippen molar-refractivity contribution in [3.63, 3.8) is 0 Å². The van der Waals surface area contributed by atoms with E-state index >= 15 is 0 Å². The van der Waals surface area contributed by atoms with Gasteiger partial charge in [-0.25, -0.2) is 23.1 Å². The molecule has 1 fully saturated rings. The van der Waals surface area contributed by atoms with Gasteiger partial charge in [0, 0.05) is 30.6 Å². The minimum atomic E-state index is -2.90. The molecule has 3 heterocycles. The molecule has 0 amide bonds. The second kappa shape index (κ2) is 8.90. The Morgan fingerprint density at radius 3 is 2.66 bits per heavy atom. The van der Waals surface area contributed by atoms with Crippen molar-refractivity contribution in [1.82, 2.24) is 19.4 Å². The summed E-state index contributed by atoms with van der Waals surface area (Å²) in [5.74, 6) is -0.410. The number of fused-ring (bicyclic) bond motifs is 1. The number of benzene rings is 1. The number of hydrogen-bond donors (Lipinski definition) is 1. The number of nitrogens with zero attached hydrogens (tertiary/aromatic N) is 4. The van der Waals surface area contributed by atoms with Crippen molar-refractivity contribution < 1.29 is 13.2 Å². The van der Waals surface area contributed by atoms with Crippen LogP contribution in [0.15, 0.2) is 35.4 Å². The number of hydrogen-bond acceptors (Lipinski definition) is 5. The van der Waals surface area contributed by atoms with Gasteiger partial charge >= 0.3 is 0 Å². The molecule has 0 spiro atoms. The third-order valence-corrected chi connectivity index (χ3v) is 6.21. The first kappa shape index (κ1) is 22.3. The van der Waals surface area contributed by atoms with Crippen molar-refractivity contribution in [1.29, 1.82) is 0 Å². The molecule has 0 saturated carbocycles. The van der Waals surface area contributed by atoms with Crippen LogP contribution < -0.4 is 10.9 Å². The van der Waals surface area contributed by atoms with Crippen LogP contribution in [-0.2, 0) is 7.05 Å². The van der Waals surface area contributed by atoms with E-state index in [1.54, 1.807) is 14.0 Å². The molecule has 2 atom stereocenters. The molecule has 2 aromatic heterocycles. The number of piperidine rings is 1. The van der Waals surface area contributed by atoms with Crippen LogP contribution in [-0.4, -0.2) is 39.6 Å². The first-order valence-electron chi connectivity index (χ1n) is 10.6. The van der Waals surface area contributed by atoms with Gasteiger partial charge in [-0.2, -0.15) is 0 Å². The first-order chi connectivity index (χ1) is 15.3. The Labute approximate surface area is 184 Å². The Morgan fingerprint density at radius 1 is 1.19 bits per heavy atom. The summed E-state index contributed by atoms with van der Waals surface area (Å²) in [6, 6.07) is 5.16. The van der Waals surface area contributed by atoms with E-state index in [1.807, 2.05) is 13.1 Å². The molecule has 9 heteroatoms. The third kappa shape index (κ3) is 4.09. The second-order valence-electron chi connectivity index (χ2n) is 8.44. The lowest BCUT2D eigenvalue weighted by Gasteiger charge is -2.30. The number of nitrogens with one attached hydrogen (secondary N) is 1. The van der Waals surface area contributed by atoms with Gasteiger partial charge in [0.05, 0.1) is 17.0 Å². The zero-order valence-corrected chi connectivity index (χ0v) is 18.3. The van der Waals surface area contributed by atoms with Crippen molar-refractivity contribution >= 4 is 16.9 Å². The summed E-state index contributed by atoms with van der Waals surface area (Å²) in [4.78, 5) is 23.8. The number of likely N-dealkylation sites (N-methyl/N-ethyl adjacent to an activating group) is 1. The average Bonchev–Trinajstić information content (AvgIpc) is 2.76. The highest BCUT2D eigenvalue weighted by Gasteiger charge is 2.25. The van der Waals surface area contributed by atoms with E-state index in [9.17, 15) is 18.0 Å². The van der Waals surface area contributed by atoms with Crippen LogP contribution in [0.2, 0.25) is 0 Å². The van der Waals surface area contributed by atoms with Crippen LogP contribution in [0.1, 0.15) is 54.8 Å². The highest BCUT2D eigenvalue weighted by molar-refractivity contribution is 5.87. The van der Waals surface area contributed by atoms with Gasteiger partial charge in [0.1, 0.15) is 23.6 Å². The summed E-state index contributed by atoms with van der Waals surface area (Å²) in [6.07, 6.45) is 0.364. The highest BCUT2D eigenvalue weighted by Crippen LogP contribution is 2.31. The Morgan fingerprint density at radius 2 is 1.94 bits per heavy atom. The van der Waals surface area contributed by atoms with Crippen molar-refractivity contribution in [2.75, 3.05) is 25.5 Å². The van der Waals surface area contributed by atoms with Crippen LogP contribution in [0, 0.1) is 5.82 Å². The van der Waals surface area contributed by atoms with Crippen molar-refractivity contribution in [2.45, 2.75) is 38.2 Å². The number of aromatic nitrogens is 3. The topological polar surface area (TPSA) is 63.1 Å². The van der Waals surface area contributed by atoms with Crippen molar-refractivity contribution in [2.24, 2.45) is 7.05 Å². The molecular formula is C23H26F3N5O. The summed E-state index contributed by atoms with van der Waals surface area (Å²) in [6.45, 7) is 3.47. The maximum Gasteiger partial charge on any atom is 0.266 e. The minimum Gasteiger partial charge on any atom is -0.363 e. The van der Waals surface area contributed by atoms with Gasteiger partial charge in [-0.3, -0.25) is 9.36 Å². The Kier molecular flexibility index (Phi) is 6.19. The first-order valence-corrected chi connectivity index (χ1v) is 10.6. The summed E-state index contributed by atoms with van der Waals surface area (Å²) in [5, 5.41) is 3.77. The van der Waals surface area contributed by atoms with Gasteiger partial charge in [0.2, 0.25) is 0 Å². The standard InChI is InChI=1S/C23H26F3N5O/c1-13(15-7-4-8-16(19(15)24)20(25)26)29-21-18-10-17(14-6-5-9-30(2)11-14)23(32)31(3)22(18)28-12-27-21/h4,7-8,10,12-14,20H,5-6,9,11H2,1-3H3,(H,27,28,29)/t13-,14+/m1/s1. The molecule has 1 aliphatic rings. The molecule has 0 bridgehead atoms. The molecule has 0 aliphatic carbocycles. The van der Waals surface area contributed by atoms with Crippen LogP contribution in [0.3, 0.4) is 0 Å². The summed E-state index contributed by atoms with van der Waals surface area (Å²) < 4.78 is 42.4. The van der Waals surface area contributed by atoms with Crippen LogP contribution >= 0.6 is 0 Å². The zero-order chi connectivity index (χ0) is 23.0. The van der Waals surface area contributed by atoms with Crippen LogP contribution in [0.4, 0.5) is 19.0 Å². The molecule has 1 N–H and O–H groups in total. The molecule has 4 rings (SSSR count). The molecular weight excluding hydrogens is 419 g/mol. The lowest BCUT2D eigenvalue weighted by Crippen LogP contribution is -2.34. The fourth-order valence-electron chi connectivity index (χ4n) is 4.48. The highest BCUT2D eigenvalue weighted by atomic mass is 19.3. The predicted octanol–water partition coefficient (Wildman–Crippen LogP) is 4.39. The fourth-order valence-corrected chi connectivity index (χ4v) is 4.48. The van der Waals surface area contributed by atoms with Gasteiger partial charge < -0.3 is 10.2 Å². The minimum absolute atomic E-state index is 0.0915. The lowest BCUT2D eigenvalue weighted by molar-refractivity contribution is 0.146. The van der Waals surface area contributed by atoms with E-state index < -0.39 is 23.8 Å². The molecule has 170 valence electrons. The van der Waals surface area contributed by atoms with E-state index in [4.69, 9.17) is 0 Å². The van der Waals surface area contributed by atoms with E-state index in [-0.39, 0.29) is 17.0 Å². The Balaban J connectivity index is 1.75. The number of alkyl halides is 2. The van der Waals surface area contributed by atoms with Gasteiger partial charge in [0.15, 0.2) is 0 Å². The second-order valence-corrected chi connectivity index (χ2v) is 8.44. The van der Waals surface area contributed by atoms with Crippen LogP contribution in [0.5, 0.6) is 0 Å². The Hall–Kier alpha value is -2.94. The van der Waals surface area contributed by atoms with Gasteiger partial charge in [0.25, 0.3) is 12.0 Å². The monoisotopic (exact) mass is 445 g/mol. The van der Waals surface area contributed by atoms with Crippen LogP contribution in [0.25, 0.3) is 11.0 Å². The summed E-state index contributed by atoms with van der Waals surface area (Å²) >= 11 is 0. The van der Waals surface area contributed by atoms with Gasteiger partial charge in [-0.15, -0.1) is 0 Å². The molecule has 6 nitrogen and oxygen atoms in total. The number of likely N-dealkylation sites (tertiary alicyclic amines) is 1. The van der Waals surface area contributed by atoms with Gasteiger partial charge in [-0.05, 0) is 39.4 Å². The smallest absolute Gasteiger partial charge is 0.266 e. The van der Waals surface area contributed by atoms with Crippen molar-refractivity contribution in [3.05, 3.63) is 63.5 Å². The summed E-state index contributed by atoms with van der Waals surface area (Å²) in [5.41, 5.74) is 0.548. The molecule has 0 radical (unpaired) electrons. The molecule has 1 aliphatic heterocycles. The van der Waals surface area contributed by atoms with E-state index in [1.165, 1.54) is 23.0 Å². The largest absolute Gasteiger partial charge is 0.363 e. The SMILES string of the molecule is C[C@@H](Nc1ncnc2c1cc([C@H]1CCCN(C)C1)c(=O)n2C)c1cccc(C(F)F)c1F. The molecule has 3 aromatic rings. The Bertz CT molecular complexity index is 1200. The zero-order valence-electron chi connectivity index (χ0n) is 18.3. The maximum absolute atomic E-state index is 14.6. The number of pyridine rings is 1. The summed E-state index contributed by atoms with van der Waals surface area (Å²) in [7, 11) is 3.71. The number of rotatable bonds is 5. The average molecular weight is 445 g/mol. The third-order valence-electron chi connectivity index (χ3n) is 6.21. The molecule has 0 unspecified atom stereocenters. The lowest BCUT2D eigenvalue weighted by atomic mass is 9.91. The van der Waals surface area contributed by atoms with Gasteiger partial charge in [-0.1, -0.05) is 18.2 Å². The fraction of sp³-hybridized carbons (Fsp3) is 0.435. The predicted molar refractivity (Wildman–Crippen MR) is 118 cm³/mol. The normalized spacial score (nSPS) is 18.3. The van der Waals surface area contributed by atoms with E-state index in [0.717, 1.165) is 32.0 Å². The van der Waals surface area contributed by atoms with Crippen molar-refractivity contribution in [3.8, 4) is 0 Å². The quantitative estimate of drug-likeness (QED) is 0.631. The number of halogens is 3. The number of aryl methyl sites for hydroxylation is 1. The molecule has 1 saturated heterocycles. The molecule has 32 heavy (non-hydrogen) atoms.